The SMILES string of the molecule is CCOc1ccc([C@](O)(c2ccccc2OC)[C@@H](CN2CCCCC2)c2ccccc2)cc1. The summed E-state index contributed by atoms with van der Waals surface area (Å²) < 4.78 is 11.4. The largest absolute Gasteiger partial charge is 0.496 e. The first-order chi connectivity index (χ1) is 16.2. The predicted octanol–water partition coefficient (Wildman–Crippen LogP) is 5.60. The van der Waals surface area contributed by atoms with Crippen molar-refractivity contribution in [3.63, 3.8) is 0 Å². The minimum atomic E-state index is -1.28. The molecular formula is C29H35NO3. The van der Waals surface area contributed by atoms with E-state index in [1.165, 1.54) is 19.3 Å². The molecule has 4 nitrogen and oxygen atoms in total. The summed E-state index contributed by atoms with van der Waals surface area (Å²) in [5.41, 5.74) is 1.45. The van der Waals surface area contributed by atoms with Crippen LogP contribution < -0.4 is 9.47 Å². The van der Waals surface area contributed by atoms with E-state index in [0.29, 0.717) is 12.4 Å². The van der Waals surface area contributed by atoms with Crippen LogP contribution in [0.1, 0.15) is 48.8 Å². The number of likely N-dealkylation sites (tertiary alicyclic amines) is 1. The Morgan fingerprint density at radius 2 is 1.55 bits per heavy atom. The smallest absolute Gasteiger partial charge is 0.126 e. The molecule has 0 saturated carbocycles. The van der Waals surface area contributed by atoms with Gasteiger partial charge in [0.05, 0.1) is 13.7 Å². The number of para-hydroxylation sites is 1. The Labute approximate surface area is 197 Å². The van der Waals surface area contributed by atoms with Crippen LogP contribution in [0.5, 0.6) is 11.5 Å². The molecule has 1 aliphatic rings. The van der Waals surface area contributed by atoms with Crippen LogP contribution in [0.25, 0.3) is 0 Å². The molecule has 0 unspecified atom stereocenters. The van der Waals surface area contributed by atoms with Crippen molar-refractivity contribution in [1.29, 1.82) is 0 Å². The van der Waals surface area contributed by atoms with Crippen molar-refractivity contribution in [2.75, 3.05) is 33.4 Å². The first-order valence-corrected chi connectivity index (χ1v) is 12.0. The number of nitrogens with zero attached hydrogens (tertiary/aromatic N) is 1. The van der Waals surface area contributed by atoms with Gasteiger partial charge in [-0.15, -0.1) is 0 Å². The maximum Gasteiger partial charge on any atom is 0.126 e. The van der Waals surface area contributed by atoms with Gasteiger partial charge < -0.3 is 19.5 Å². The highest BCUT2D eigenvalue weighted by Gasteiger charge is 2.44. The molecule has 4 heteroatoms. The molecule has 0 amide bonds. The second kappa shape index (κ2) is 10.9. The van der Waals surface area contributed by atoms with Gasteiger partial charge in [0.15, 0.2) is 0 Å². The van der Waals surface area contributed by atoms with Crippen LogP contribution in [0.2, 0.25) is 0 Å². The number of aliphatic hydroxyl groups is 1. The summed E-state index contributed by atoms with van der Waals surface area (Å²) in [6.07, 6.45) is 3.69. The molecule has 1 saturated heterocycles. The Hall–Kier alpha value is -2.82. The van der Waals surface area contributed by atoms with Crippen LogP contribution in [0.15, 0.2) is 78.9 Å². The van der Waals surface area contributed by atoms with Gasteiger partial charge >= 0.3 is 0 Å². The van der Waals surface area contributed by atoms with Crippen molar-refractivity contribution in [1.82, 2.24) is 4.90 Å². The molecule has 4 rings (SSSR count). The Kier molecular flexibility index (Phi) is 7.69. The van der Waals surface area contributed by atoms with E-state index in [1.54, 1.807) is 7.11 Å². The van der Waals surface area contributed by atoms with Crippen LogP contribution in [0.3, 0.4) is 0 Å². The fraction of sp³-hybridized carbons (Fsp3) is 0.379. The molecule has 2 atom stereocenters. The van der Waals surface area contributed by atoms with Gasteiger partial charge in [-0.1, -0.05) is 67.1 Å². The lowest BCUT2D eigenvalue weighted by atomic mass is 9.72. The van der Waals surface area contributed by atoms with Crippen molar-refractivity contribution in [2.24, 2.45) is 0 Å². The molecule has 3 aromatic carbocycles. The summed E-state index contributed by atoms with van der Waals surface area (Å²) in [7, 11) is 1.67. The number of benzene rings is 3. The minimum absolute atomic E-state index is 0.175. The van der Waals surface area contributed by atoms with Crippen LogP contribution in [-0.2, 0) is 5.60 Å². The Morgan fingerprint density at radius 3 is 2.21 bits per heavy atom. The monoisotopic (exact) mass is 445 g/mol. The average Bonchev–Trinajstić information content (AvgIpc) is 2.88. The zero-order valence-corrected chi connectivity index (χ0v) is 19.7. The van der Waals surface area contributed by atoms with Gasteiger partial charge in [-0.2, -0.15) is 0 Å². The number of hydrogen-bond acceptors (Lipinski definition) is 4. The van der Waals surface area contributed by atoms with E-state index in [9.17, 15) is 5.11 Å². The molecule has 1 aliphatic heterocycles. The van der Waals surface area contributed by atoms with E-state index in [-0.39, 0.29) is 5.92 Å². The maximum atomic E-state index is 12.8. The van der Waals surface area contributed by atoms with Crippen LogP contribution >= 0.6 is 0 Å². The summed E-state index contributed by atoms with van der Waals surface area (Å²) in [4.78, 5) is 2.50. The number of piperidine rings is 1. The summed E-state index contributed by atoms with van der Waals surface area (Å²) >= 11 is 0. The van der Waals surface area contributed by atoms with E-state index >= 15 is 0 Å². The van der Waals surface area contributed by atoms with Gasteiger partial charge in [0, 0.05) is 18.0 Å². The predicted molar refractivity (Wildman–Crippen MR) is 133 cm³/mol. The number of rotatable bonds is 9. The van der Waals surface area contributed by atoms with Gasteiger partial charge in [-0.05, 0) is 62.2 Å². The van der Waals surface area contributed by atoms with Crippen LogP contribution in [-0.4, -0.2) is 43.4 Å². The normalized spacial score (nSPS) is 17.2. The molecule has 1 fully saturated rings. The summed E-state index contributed by atoms with van der Waals surface area (Å²) in [6, 6.07) is 26.1. The molecule has 0 bridgehead atoms. The topological polar surface area (TPSA) is 41.9 Å². The third-order valence-electron chi connectivity index (χ3n) is 6.72. The second-order valence-corrected chi connectivity index (χ2v) is 8.75. The van der Waals surface area contributed by atoms with E-state index in [4.69, 9.17) is 9.47 Å². The number of ether oxygens (including phenoxy) is 2. The van der Waals surface area contributed by atoms with E-state index in [0.717, 1.165) is 42.1 Å². The van der Waals surface area contributed by atoms with Gasteiger partial charge in [0.25, 0.3) is 0 Å². The highest BCUT2D eigenvalue weighted by molar-refractivity contribution is 5.49. The van der Waals surface area contributed by atoms with E-state index < -0.39 is 5.60 Å². The second-order valence-electron chi connectivity index (χ2n) is 8.75. The van der Waals surface area contributed by atoms with E-state index in [2.05, 4.69) is 29.2 Å². The standard InChI is InChI=1S/C29H35NO3/c1-3-33-25-18-16-24(17-19-25)29(31,26-14-8-9-15-28(26)32-2)27(23-12-6-4-7-13-23)22-30-20-10-5-11-21-30/h4,6-9,12-19,27,31H,3,5,10-11,20-22H2,1-2H3/t27-,29-/m0/s1. The van der Waals surface area contributed by atoms with Crippen molar-refractivity contribution < 1.29 is 14.6 Å². The highest BCUT2D eigenvalue weighted by atomic mass is 16.5. The third kappa shape index (κ3) is 5.07. The fourth-order valence-electron chi connectivity index (χ4n) is 5.04. The van der Waals surface area contributed by atoms with Crippen molar-refractivity contribution >= 4 is 0 Å². The van der Waals surface area contributed by atoms with Gasteiger partial charge in [-0.3, -0.25) is 0 Å². The third-order valence-corrected chi connectivity index (χ3v) is 6.72. The zero-order chi connectivity index (χ0) is 23.1. The Bertz CT molecular complexity index is 999. The number of hydrogen-bond donors (Lipinski definition) is 1. The van der Waals surface area contributed by atoms with E-state index in [1.807, 2.05) is 61.5 Å². The van der Waals surface area contributed by atoms with Crippen molar-refractivity contribution in [3.05, 3.63) is 95.6 Å². The summed E-state index contributed by atoms with van der Waals surface area (Å²) in [5, 5.41) is 12.8. The Morgan fingerprint density at radius 1 is 0.879 bits per heavy atom. The molecular weight excluding hydrogens is 410 g/mol. The van der Waals surface area contributed by atoms with Gasteiger partial charge in [-0.25, -0.2) is 0 Å². The first kappa shape index (κ1) is 23.3. The molecule has 33 heavy (non-hydrogen) atoms. The lowest BCUT2D eigenvalue weighted by Crippen LogP contribution is -2.43. The molecule has 1 N–H and O–H groups in total. The molecule has 0 aliphatic carbocycles. The fourth-order valence-corrected chi connectivity index (χ4v) is 5.04. The molecule has 174 valence electrons. The summed E-state index contributed by atoms with van der Waals surface area (Å²) in [5.74, 6) is 1.32. The first-order valence-electron chi connectivity index (χ1n) is 12.0. The molecule has 3 aromatic rings. The molecule has 0 radical (unpaired) electrons. The zero-order valence-electron chi connectivity index (χ0n) is 19.7. The lowest BCUT2D eigenvalue weighted by Gasteiger charge is -2.41. The molecule has 0 aromatic heterocycles. The van der Waals surface area contributed by atoms with Crippen molar-refractivity contribution in [3.8, 4) is 11.5 Å². The van der Waals surface area contributed by atoms with Crippen LogP contribution in [0, 0.1) is 0 Å². The van der Waals surface area contributed by atoms with Gasteiger partial charge in [0.1, 0.15) is 17.1 Å². The van der Waals surface area contributed by atoms with Gasteiger partial charge in [0.2, 0.25) is 0 Å². The number of methoxy groups -OCH3 is 1. The molecule has 0 spiro atoms. The average molecular weight is 446 g/mol. The van der Waals surface area contributed by atoms with Crippen LogP contribution in [0.4, 0.5) is 0 Å². The Balaban J connectivity index is 1.87. The molecule has 1 heterocycles. The quantitative estimate of drug-likeness (QED) is 0.466. The minimum Gasteiger partial charge on any atom is -0.496 e. The summed E-state index contributed by atoms with van der Waals surface area (Å²) in [6.45, 7) is 5.48. The van der Waals surface area contributed by atoms with Crippen molar-refractivity contribution in [2.45, 2.75) is 37.7 Å². The maximum absolute atomic E-state index is 12.8. The lowest BCUT2D eigenvalue weighted by molar-refractivity contribution is 0.0290. The highest BCUT2D eigenvalue weighted by Crippen LogP contribution is 2.46.